The molecular formula is C31H26N8O. The van der Waals surface area contributed by atoms with Crippen LogP contribution in [-0.2, 0) is 6.54 Å². The van der Waals surface area contributed by atoms with E-state index in [1.807, 2.05) is 53.9 Å². The van der Waals surface area contributed by atoms with Gasteiger partial charge in [0.15, 0.2) is 5.82 Å². The summed E-state index contributed by atoms with van der Waals surface area (Å²) in [6.45, 7) is 5.22. The molecule has 0 atom stereocenters. The first kappa shape index (κ1) is 23.8. The highest BCUT2D eigenvalue weighted by Gasteiger charge is 2.17. The van der Waals surface area contributed by atoms with Gasteiger partial charge in [-0.15, -0.1) is 5.10 Å². The largest absolute Gasteiger partial charge is 0.465 e. The summed E-state index contributed by atoms with van der Waals surface area (Å²) in [5.74, 6) is 0.641. The molecule has 40 heavy (non-hydrogen) atoms. The van der Waals surface area contributed by atoms with Crippen molar-refractivity contribution in [3.8, 4) is 39.8 Å². The van der Waals surface area contributed by atoms with Crippen LogP contribution >= 0.6 is 0 Å². The lowest BCUT2D eigenvalue weighted by Crippen LogP contribution is -2.05. The van der Waals surface area contributed by atoms with Crippen molar-refractivity contribution in [1.82, 2.24) is 39.6 Å². The van der Waals surface area contributed by atoms with Gasteiger partial charge in [-0.2, -0.15) is 4.98 Å². The van der Waals surface area contributed by atoms with Gasteiger partial charge in [0.1, 0.15) is 5.65 Å². The molecule has 0 aliphatic rings. The fraction of sp³-hybridized carbons (Fsp3) is 0.129. The maximum atomic E-state index is 6.00. The molecule has 0 bridgehead atoms. The van der Waals surface area contributed by atoms with Gasteiger partial charge in [-0.3, -0.25) is 4.57 Å². The monoisotopic (exact) mass is 526 g/mol. The summed E-state index contributed by atoms with van der Waals surface area (Å²) in [6, 6.07) is 27.6. The van der Waals surface area contributed by atoms with Crippen LogP contribution < -0.4 is 4.74 Å². The molecule has 4 heterocycles. The lowest BCUT2D eigenvalue weighted by Gasteiger charge is -2.12. The third-order valence-electron chi connectivity index (χ3n) is 7.08. The smallest absolute Gasteiger partial charge is 0.297 e. The van der Waals surface area contributed by atoms with Gasteiger partial charge in [-0.25, -0.2) is 10.1 Å². The van der Waals surface area contributed by atoms with E-state index in [2.05, 4.69) is 80.8 Å². The Bertz CT molecular complexity index is 1920. The highest BCUT2D eigenvalue weighted by Crippen LogP contribution is 2.33. The molecule has 0 aliphatic heterocycles. The Morgan fingerprint density at radius 3 is 2.48 bits per heavy atom. The second-order valence-electron chi connectivity index (χ2n) is 9.66. The number of aromatic nitrogens is 8. The number of rotatable bonds is 7. The third kappa shape index (κ3) is 4.17. The Morgan fingerprint density at radius 2 is 1.70 bits per heavy atom. The van der Waals surface area contributed by atoms with Crippen LogP contribution in [0.4, 0.5) is 0 Å². The van der Waals surface area contributed by atoms with Crippen molar-refractivity contribution in [2.75, 3.05) is 6.61 Å². The van der Waals surface area contributed by atoms with Crippen LogP contribution in [0.1, 0.15) is 18.1 Å². The van der Waals surface area contributed by atoms with E-state index in [9.17, 15) is 0 Å². The van der Waals surface area contributed by atoms with Crippen LogP contribution in [0, 0.1) is 6.92 Å². The first-order chi connectivity index (χ1) is 19.7. The molecule has 196 valence electrons. The minimum Gasteiger partial charge on any atom is -0.465 e. The van der Waals surface area contributed by atoms with Crippen LogP contribution in [0.15, 0.2) is 91.3 Å². The molecule has 0 radical (unpaired) electrons. The molecule has 1 N–H and O–H groups in total. The molecule has 0 amide bonds. The maximum Gasteiger partial charge on any atom is 0.297 e. The minimum atomic E-state index is 0.536. The molecule has 0 spiro atoms. The Hall–Kier alpha value is -5.31. The molecule has 0 aliphatic carbocycles. The average Bonchev–Trinajstić information content (AvgIpc) is 3.74. The van der Waals surface area contributed by atoms with Gasteiger partial charge < -0.3 is 9.14 Å². The quantitative estimate of drug-likeness (QED) is 0.275. The Labute approximate surface area is 230 Å². The first-order valence-electron chi connectivity index (χ1n) is 13.2. The molecule has 0 fully saturated rings. The van der Waals surface area contributed by atoms with Crippen molar-refractivity contribution >= 4 is 16.7 Å². The van der Waals surface area contributed by atoms with Gasteiger partial charge in [0, 0.05) is 23.5 Å². The summed E-state index contributed by atoms with van der Waals surface area (Å²) < 4.78 is 10.2. The number of pyridine rings is 1. The van der Waals surface area contributed by atoms with Crippen LogP contribution in [-0.4, -0.2) is 46.2 Å². The number of tetrazole rings is 1. The summed E-state index contributed by atoms with van der Waals surface area (Å²) in [5.41, 5.74) is 10.2. The lowest BCUT2D eigenvalue weighted by atomic mass is 9.98. The summed E-state index contributed by atoms with van der Waals surface area (Å²) in [4.78, 5) is 9.71. The second kappa shape index (κ2) is 9.77. The third-order valence-corrected chi connectivity index (χ3v) is 7.08. The molecule has 0 saturated carbocycles. The van der Waals surface area contributed by atoms with Crippen molar-refractivity contribution in [2.24, 2.45) is 0 Å². The number of benzene rings is 3. The molecular weight excluding hydrogens is 500 g/mol. The normalized spacial score (nSPS) is 11.4. The van der Waals surface area contributed by atoms with E-state index < -0.39 is 0 Å². The van der Waals surface area contributed by atoms with Crippen LogP contribution in [0.25, 0.3) is 50.5 Å². The summed E-state index contributed by atoms with van der Waals surface area (Å²) >= 11 is 0. The van der Waals surface area contributed by atoms with Crippen LogP contribution in [0.3, 0.4) is 0 Å². The number of hydrogen-bond donors (Lipinski definition) is 1. The fourth-order valence-electron chi connectivity index (χ4n) is 5.17. The standard InChI is InChI=1S/C31H26N8O/c1-3-40-31-33-29-20(2)16-23(26-19-38-15-7-6-10-28(38)32-26)17-27(29)39(31)18-21-11-13-22(14-12-21)24-8-4-5-9-25(24)30-34-36-37-35-30/h4-17,19H,3,18H2,1-2H3,(H,34,35,36,37). The van der Waals surface area contributed by atoms with E-state index in [4.69, 9.17) is 14.7 Å². The number of nitrogens with one attached hydrogen (secondary N) is 1. The number of hydrogen-bond acceptors (Lipinski definition) is 6. The molecule has 0 saturated heterocycles. The van der Waals surface area contributed by atoms with Crippen molar-refractivity contribution in [1.29, 1.82) is 0 Å². The van der Waals surface area contributed by atoms with Gasteiger partial charge in [0.05, 0.1) is 29.9 Å². The fourth-order valence-corrected chi connectivity index (χ4v) is 5.17. The number of aromatic amines is 1. The summed E-state index contributed by atoms with van der Waals surface area (Å²) in [6.07, 6.45) is 4.07. The number of fused-ring (bicyclic) bond motifs is 2. The van der Waals surface area contributed by atoms with Crippen molar-refractivity contribution in [3.63, 3.8) is 0 Å². The lowest BCUT2D eigenvalue weighted by molar-refractivity contribution is 0.301. The minimum absolute atomic E-state index is 0.536. The van der Waals surface area contributed by atoms with Gasteiger partial charge in [0.25, 0.3) is 6.01 Å². The predicted octanol–water partition coefficient (Wildman–Crippen LogP) is 5.95. The van der Waals surface area contributed by atoms with E-state index in [1.165, 1.54) is 0 Å². The Morgan fingerprint density at radius 1 is 0.875 bits per heavy atom. The van der Waals surface area contributed by atoms with Crippen LogP contribution in [0.5, 0.6) is 6.01 Å². The number of aryl methyl sites for hydroxylation is 1. The summed E-state index contributed by atoms with van der Waals surface area (Å²) in [5, 5.41) is 14.4. The van der Waals surface area contributed by atoms with Gasteiger partial charge in [-0.05, 0) is 70.8 Å². The highest BCUT2D eigenvalue weighted by molar-refractivity contribution is 5.86. The molecule has 9 heteroatoms. The number of imidazole rings is 2. The van der Waals surface area contributed by atoms with Gasteiger partial charge in [-0.1, -0.05) is 54.6 Å². The van der Waals surface area contributed by atoms with E-state index in [-0.39, 0.29) is 0 Å². The van der Waals surface area contributed by atoms with E-state index in [0.717, 1.165) is 55.8 Å². The van der Waals surface area contributed by atoms with Crippen molar-refractivity contribution in [3.05, 3.63) is 102 Å². The zero-order chi connectivity index (χ0) is 27.1. The molecule has 3 aromatic carbocycles. The highest BCUT2D eigenvalue weighted by atomic mass is 16.5. The molecule has 9 nitrogen and oxygen atoms in total. The molecule has 7 aromatic rings. The first-order valence-corrected chi connectivity index (χ1v) is 13.2. The Balaban J connectivity index is 1.27. The van der Waals surface area contributed by atoms with E-state index in [1.54, 1.807) is 0 Å². The van der Waals surface area contributed by atoms with E-state index in [0.29, 0.717) is 25.0 Å². The van der Waals surface area contributed by atoms with E-state index >= 15 is 0 Å². The second-order valence-corrected chi connectivity index (χ2v) is 9.66. The molecule has 0 unspecified atom stereocenters. The molecule has 4 aromatic heterocycles. The topological polar surface area (TPSA) is 98.8 Å². The Kier molecular flexibility index (Phi) is 5.81. The molecule has 7 rings (SSSR count). The van der Waals surface area contributed by atoms with Gasteiger partial charge in [0.2, 0.25) is 0 Å². The SMILES string of the molecule is CCOc1nc2c(C)cc(-c3cn4ccccc4n3)cc2n1Cc1ccc(-c2ccccc2-c2nnn[nH]2)cc1. The van der Waals surface area contributed by atoms with Crippen molar-refractivity contribution < 1.29 is 4.74 Å². The number of H-pyrrole nitrogens is 1. The maximum absolute atomic E-state index is 6.00. The summed E-state index contributed by atoms with van der Waals surface area (Å²) in [7, 11) is 0. The zero-order valence-corrected chi connectivity index (χ0v) is 22.1. The van der Waals surface area contributed by atoms with Gasteiger partial charge >= 0.3 is 0 Å². The predicted molar refractivity (Wildman–Crippen MR) is 154 cm³/mol. The average molecular weight is 527 g/mol. The van der Waals surface area contributed by atoms with Crippen LogP contribution in [0.2, 0.25) is 0 Å². The zero-order valence-electron chi connectivity index (χ0n) is 22.1. The number of ether oxygens (including phenoxy) is 1. The number of nitrogens with zero attached hydrogens (tertiary/aromatic N) is 7. The van der Waals surface area contributed by atoms with Crippen molar-refractivity contribution in [2.45, 2.75) is 20.4 Å².